The smallest absolute Gasteiger partial charge is 0.386 e. The molecule has 2 fully saturated rings. The number of alkyl halides is 3. The number of para-hydroxylation sites is 1. The van der Waals surface area contributed by atoms with E-state index in [0.29, 0.717) is 61.1 Å². The number of pyridine rings is 2. The highest BCUT2D eigenvalue weighted by Gasteiger charge is 2.32. The summed E-state index contributed by atoms with van der Waals surface area (Å²) in [6.07, 6.45) is 2.20. The minimum Gasteiger partial charge on any atom is -0.386 e. The third-order valence-corrected chi connectivity index (χ3v) is 11.3. The first-order chi connectivity index (χ1) is 32.7. The maximum Gasteiger partial charge on any atom is 0.574 e. The van der Waals surface area contributed by atoms with Crippen LogP contribution >= 0.6 is 0 Å². The molecule has 0 atom stereocenters. The molecule has 0 radical (unpaired) electrons. The Bertz CT molecular complexity index is 2640. The molecular formula is C45H51F3N12O8. The summed E-state index contributed by atoms with van der Waals surface area (Å²) in [5, 5.41) is 18.5. The molecule has 1 aliphatic heterocycles. The number of anilines is 5. The Labute approximate surface area is 388 Å². The van der Waals surface area contributed by atoms with Crippen LogP contribution in [-0.4, -0.2) is 130 Å². The van der Waals surface area contributed by atoms with E-state index in [-0.39, 0.29) is 85.3 Å². The second-order valence-corrected chi connectivity index (χ2v) is 16.1. The first-order valence-corrected chi connectivity index (χ1v) is 22.1. The lowest BCUT2D eigenvalue weighted by atomic mass is 10.0. The van der Waals surface area contributed by atoms with Gasteiger partial charge in [0.15, 0.2) is 11.6 Å². The zero-order valence-corrected chi connectivity index (χ0v) is 37.4. The van der Waals surface area contributed by atoms with Gasteiger partial charge in [0.2, 0.25) is 23.6 Å². The summed E-state index contributed by atoms with van der Waals surface area (Å²) in [6.45, 7) is 7.30. The van der Waals surface area contributed by atoms with Crippen LogP contribution in [0.5, 0.6) is 5.88 Å². The molecule has 4 N–H and O–H groups in total. The van der Waals surface area contributed by atoms with E-state index in [2.05, 4.69) is 56.0 Å². The summed E-state index contributed by atoms with van der Waals surface area (Å²) >= 11 is 0. The van der Waals surface area contributed by atoms with Crippen LogP contribution in [0.3, 0.4) is 0 Å². The van der Waals surface area contributed by atoms with E-state index in [4.69, 9.17) is 14.5 Å². The van der Waals surface area contributed by atoms with Crippen molar-refractivity contribution in [2.24, 2.45) is 0 Å². The molecule has 68 heavy (non-hydrogen) atoms. The van der Waals surface area contributed by atoms with Crippen molar-refractivity contribution in [3.8, 4) is 5.88 Å². The number of halogens is 3. The van der Waals surface area contributed by atoms with Gasteiger partial charge in [-0.25, -0.2) is 9.97 Å². The fourth-order valence-corrected chi connectivity index (χ4v) is 7.99. The van der Waals surface area contributed by atoms with Gasteiger partial charge in [0.25, 0.3) is 11.5 Å². The molecule has 0 bridgehead atoms. The molecule has 5 heterocycles. The number of amides is 3. The maximum atomic E-state index is 13.6. The normalized spacial score (nSPS) is 14.5. The number of Topliss-reactive ketones (excluding diaryl/α,β-unsaturated/α-hetero) is 1. The van der Waals surface area contributed by atoms with Crippen LogP contribution in [0, 0.1) is 6.92 Å². The molecule has 23 heteroatoms. The molecule has 360 valence electrons. The highest BCUT2D eigenvalue weighted by atomic mass is 19.4. The molecule has 1 saturated carbocycles. The molecule has 3 amide bonds. The number of hydrogen-bond donors (Lipinski definition) is 4. The molecule has 1 saturated heterocycles. The van der Waals surface area contributed by atoms with Crippen molar-refractivity contribution >= 4 is 63.5 Å². The molecule has 0 spiro atoms. The third kappa shape index (κ3) is 13.1. The van der Waals surface area contributed by atoms with Crippen molar-refractivity contribution in [3.05, 3.63) is 88.0 Å². The van der Waals surface area contributed by atoms with Crippen molar-refractivity contribution in [2.75, 3.05) is 86.5 Å². The number of carbonyl (C=O) groups is 4. The van der Waals surface area contributed by atoms with Gasteiger partial charge in [-0.1, -0.05) is 25.0 Å². The van der Waals surface area contributed by atoms with Crippen LogP contribution < -0.4 is 36.5 Å². The summed E-state index contributed by atoms with van der Waals surface area (Å²) in [5.41, 5.74) is 2.19. The van der Waals surface area contributed by atoms with Gasteiger partial charge in [0, 0.05) is 56.4 Å². The molecule has 20 nitrogen and oxygen atoms in total. The second-order valence-electron chi connectivity index (χ2n) is 16.1. The van der Waals surface area contributed by atoms with E-state index >= 15 is 0 Å². The van der Waals surface area contributed by atoms with Crippen LogP contribution in [0.4, 0.5) is 42.1 Å². The van der Waals surface area contributed by atoms with Gasteiger partial charge in [-0.05, 0) is 62.6 Å². The van der Waals surface area contributed by atoms with Crippen LogP contribution in [0.1, 0.15) is 71.3 Å². The topological polar surface area (TPSA) is 237 Å². The lowest BCUT2D eigenvalue weighted by Gasteiger charge is -2.35. The number of rotatable bonds is 20. The quantitative estimate of drug-likeness (QED) is 0.0606. The molecule has 2 aliphatic rings. The van der Waals surface area contributed by atoms with E-state index < -0.39 is 24.1 Å². The summed E-state index contributed by atoms with van der Waals surface area (Å²) in [6, 6.07) is 11.9. The molecule has 7 rings (SSSR count). The number of carbonyl (C=O) groups excluding carboxylic acids is 4. The number of fused-ring (bicyclic) bond motifs is 1. The zero-order chi connectivity index (χ0) is 48.2. The van der Waals surface area contributed by atoms with Crippen molar-refractivity contribution in [2.45, 2.75) is 58.4 Å². The summed E-state index contributed by atoms with van der Waals surface area (Å²) < 4.78 is 53.5. The van der Waals surface area contributed by atoms with Crippen molar-refractivity contribution in [1.29, 1.82) is 0 Å². The summed E-state index contributed by atoms with van der Waals surface area (Å²) in [4.78, 5) is 82.1. The molecular weight excluding hydrogens is 894 g/mol. The Balaban J connectivity index is 0.754. The largest absolute Gasteiger partial charge is 0.574 e. The lowest BCUT2D eigenvalue weighted by molar-refractivity contribution is -0.276. The molecule has 5 aromatic rings. The molecule has 4 aromatic heterocycles. The van der Waals surface area contributed by atoms with Crippen LogP contribution in [0.2, 0.25) is 0 Å². The van der Waals surface area contributed by atoms with Gasteiger partial charge < -0.3 is 40.4 Å². The first kappa shape index (κ1) is 48.8. The number of nitrogens with zero attached hydrogens (tertiary/aromatic N) is 8. The summed E-state index contributed by atoms with van der Waals surface area (Å²) in [5.74, 6) is -1.57. The van der Waals surface area contributed by atoms with Crippen molar-refractivity contribution < 1.29 is 46.6 Å². The number of hydrogen-bond acceptors (Lipinski definition) is 16. The Morgan fingerprint density at radius 1 is 0.824 bits per heavy atom. The average molecular weight is 945 g/mol. The number of nitrogens with one attached hydrogen (secondary N) is 4. The Hall–Kier alpha value is -7.11. The number of aryl methyl sites for hydroxylation is 1. The first-order valence-electron chi connectivity index (χ1n) is 22.1. The number of ether oxygens (including phenoxy) is 3. The lowest BCUT2D eigenvalue weighted by Crippen LogP contribution is -2.49. The van der Waals surface area contributed by atoms with Crippen LogP contribution in [0.25, 0.3) is 11.0 Å². The third-order valence-electron chi connectivity index (χ3n) is 11.3. The highest BCUT2D eigenvalue weighted by Crippen LogP contribution is 2.32. The minimum absolute atomic E-state index is 0.0193. The van der Waals surface area contributed by atoms with Crippen molar-refractivity contribution in [1.82, 2.24) is 39.9 Å². The minimum atomic E-state index is -4.94. The SMILES string of the molecule is CC(=O)c1c(C)c2cnc(Nc3ccc(N4CCN(CC(=O)NCCOCCOCCC(=O)Nc5ccccc5C(=O)Nc5ccc(OC(F)(F)F)nn5)CC4)cn3)nc2n(C2CCCC2)c1=O. The molecule has 1 aromatic carbocycles. The predicted molar refractivity (Wildman–Crippen MR) is 243 cm³/mol. The highest BCUT2D eigenvalue weighted by molar-refractivity contribution is 6.09. The monoisotopic (exact) mass is 944 g/mol. The van der Waals surface area contributed by atoms with E-state index in [0.717, 1.165) is 43.5 Å². The van der Waals surface area contributed by atoms with Gasteiger partial charge in [0.1, 0.15) is 11.5 Å². The van der Waals surface area contributed by atoms with Gasteiger partial charge >= 0.3 is 6.36 Å². The van der Waals surface area contributed by atoms with E-state index in [9.17, 15) is 37.1 Å². The van der Waals surface area contributed by atoms with Crippen LogP contribution in [0.15, 0.2) is 65.7 Å². The van der Waals surface area contributed by atoms with Gasteiger partial charge in [-0.2, -0.15) is 4.98 Å². The fourth-order valence-electron chi connectivity index (χ4n) is 7.99. The maximum absolute atomic E-state index is 13.6. The summed E-state index contributed by atoms with van der Waals surface area (Å²) in [7, 11) is 0. The van der Waals surface area contributed by atoms with E-state index in [1.54, 1.807) is 36.0 Å². The molecule has 1 aliphatic carbocycles. The van der Waals surface area contributed by atoms with Gasteiger partial charge in [-0.15, -0.1) is 23.4 Å². The second kappa shape index (κ2) is 22.6. The standard InChI is InChI=1S/C45H51F3N12O8/c1-28-33-26-51-44(55-41(33)60(30-7-3-4-8-30)43(65)40(28)29(2)61)54-35-12-11-31(25-50-35)59-19-17-58(18-20-59)27-38(63)49-16-22-67-24-23-66-21-15-37(62)52-34-10-6-5-9-32(34)42(64)53-36-13-14-39(57-56-36)68-45(46,47)48/h5-6,9-14,25-26,30H,3-4,7-8,15-24,27H2,1-2H3,(H,49,63)(H,52,62)(H,53,56,64)(H,50,51,54,55). The van der Waals surface area contributed by atoms with E-state index in [1.165, 1.54) is 19.1 Å². The Morgan fingerprint density at radius 2 is 1.56 bits per heavy atom. The number of ketones is 1. The zero-order valence-electron chi connectivity index (χ0n) is 37.4. The predicted octanol–water partition coefficient (Wildman–Crippen LogP) is 4.80. The number of aromatic nitrogens is 6. The Morgan fingerprint density at radius 3 is 2.25 bits per heavy atom. The molecule has 0 unspecified atom stereocenters. The fraction of sp³-hybridized carbons (Fsp3) is 0.422. The van der Waals surface area contributed by atoms with E-state index in [1.807, 2.05) is 12.1 Å². The van der Waals surface area contributed by atoms with Gasteiger partial charge in [0.05, 0.1) is 68.1 Å². The van der Waals surface area contributed by atoms with Gasteiger partial charge in [-0.3, -0.25) is 33.4 Å². The average Bonchev–Trinajstić information content (AvgIpc) is 3.84. The Kier molecular flexibility index (Phi) is 16.2. The number of benzene rings is 1. The van der Waals surface area contributed by atoms with Crippen LogP contribution in [-0.2, 0) is 19.1 Å². The number of piperazine rings is 1. The van der Waals surface area contributed by atoms with Crippen molar-refractivity contribution in [3.63, 3.8) is 0 Å².